The van der Waals surface area contributed by atoms with Crippen LogP contribution in [-0.2, 0) is 11.2 Å². The monoisotopic (exact) mass is 264 g/mol. The number of rotatable bonds is 8. The first-order valence-corrected chi connectivity index (χ1v) is 6.75. The second-order valence-corrected chi connectivity index (χ2v) is 4.81. The second kappa shape index (κ2) is 8.53. The van der Waals surface area contributed by atoms with Gasteiger partial charge in [-0.25, -0.2) is 0 Å². The molecule has 0 bridgehead atoms. The summed E-state index contributed by atoms with van der Waals surface area (Å²) in [4.78, 5) is 11.6. The van der Waals surface area contributed by atoms with Crippen LogP contribution in [-0.4, -0.2) is 32.1 Å². The minimum absolute atomic E-state index is 0.0936. The Bertz CT molecular complexity index is 391. The normalized spacial score (nSPS) is 10.5. The van der Waals surface area contributed by atoms with E-state index < -0.39 is 0 Å². The fourth-order valence-electron chi connectivity index (χ4n) is 1.74. The summed E-state index contributed by atoms with van der Waals surface area (Å²) in [7, 11) is 1.66. The van der Waals surface area contributed by atoms with Gasteiger partial charge in [0.1, 0.15) is 5.75 Å². The molecule has 2 N–H and O–H groups in total. The fourth-order valence-corrected chi connectivity index (χ4v) is 1.74. The van der Waals surface area contributed by atoms with Crippen molar-refractivity contribution in [2.24, 2.45) is 0 Å². The van der Waals surface area contributed by atoms with Crippen LogP contribution in [0.15, 0.2) is 24.3 Å². The molecule has 0 aliphatic rings. The van der Waals surface area contributed by atoms with Gasteiger partial charge in [-0.15, -0.1) is 0 Å². The third-order valence-electron chi connectivity index (χ3n) is 2.77. The standard InChI is InChI=1S/C15H24N2O2/c1-12(2)16-10-8-15(18)17-9-7-13-5-4-6-14(11-13)19-3/h4-6,11-12,16H,7-10H2,1-3H3,(H,17,18). The van der Waals surface area contributed by atoms with Gasteiger partial charge in [-0.1, -0.05) is 26.0 Å². The van der Waals surface area contributed by atoms with Crippen molar-refractivity contribution < 1.29 is 9.53 Å². The van der Waals surface area contributed by atoms with E-state index in [1.54, 1.807) is 7.11 Å². The van der Waals surface area contributed by atoms with Crippen LogP contribution >= 0.6 is 0 Å². The van der Waals surface area contributed by atoms with Crippen LogP contribution in [0.2, 0.25) is 0 Å². The Labute approximate surface area is 115 Å². The molecule has 1 aromatic carbocycles. The van der Waals surface area contributed by atoms with E-state index >= 15 is 0 Å². The summed E-state index contributed by atoms with van der Waals surface area (Å²) in [6, 6.07) is 8.33. The maximum Gasteiger partial charge on any atom is 0.221 e. The Morgan fingerprint density at radius 1 is 1.32 bits per heavy atom. The minimum Gasteiger partial charge on any atom is -0.497 e. The van der Waals surface area contributed by atoms with E-state index in [0.717, 1.165) is 18.7 Å². The van der Waals surface area contributed by atoms with Crippen molar-refractivity contribution in [3.8, 4) is 5.75 Å². The van der Waals surface area contributed by atoms with Gasteiger partial charge in [-0.3, -0.25) is 4.79 Å². The van der Waals surface area contributed by atoms with E-state index in [-0.39, 0.29) is 5.91 Å². The molecule has 0 saturated carbocycles. The molecule has 0 saturated heterocycles. The number of nitrogens with one attached hydrogen (secondary N) is 2. The highest BCUT2D eigenvalue weighted by molar-refractivity contribution is 5.76. The predicted molar refractivity (Wildman–Crippen MR) is 77.5 cm³/mol. The summed E-state index contributed by atoms with van der Waals surface area (Å²) in [6.45, 7) is 5.53. The predicted octanol–water partition coefficient (Wildman–Crippen LogP) is 1.74. The van der Waals surface area contributed by atoms with Gasteiger partial charge in [0.05, 0.1) is 7.11 Å². The molecule has 0 spiro atoms. The molecule has 106 valence electrons. The molecular weight excluding hydrogens is 240 g/mol. The fraction of sp³-hybridized carbons (Fsp3) is 0.533. The molecule has 1 aromatic rings. The van der Waals surface area contributed by atoms with E-state index in [1.165, 1.54) is 5.56 Å². The molecule has 0 fully saturated rings. The first-order valence-electron chi connectivity index (χ1n) is 6.75. The highest BCUT2D eigenvalue weighted by atomic mass is 16.5. The number of hydrogen-bond donors (Lipinski definition) is 2. The van der Waals surface area contributed by atoms with Gasteiger partial charge < -0.3 is 15.4 Å². The first-order chi connectivity index (χ1) is 9.11. The van der Waals surface area contributed by atoms with Gasteiger partial charge in [0.2, 0.25) is 5.91 Å². The zero-order valence-electron chi connectivity index (χ0n) is 12.0. The Kier molecular flexibility index (Phi) is 6.97. The van der Waals surface area contributed by atoms with Crippen molar-refractivity contribution in [1.82, 2.24) is 10.6 Å². The lowest BCUT2D eigenvalue weighted by atomic mass is 10.1. The summed E-state index contributed by atoms with van der Waals surface area (Å²) in [6.07, 6.45) is 1.34. The van der Waals surface area contributed by atoms with Crippen LogP contribution in [0.1, 0.15) is 25.8 Å². The summed E-state index contributed by atoms with van der Waals surface area (Å²) < 4.78 is 5.16. The highest BCUT2D eigenvalue weighted by Gasteiger charge is 2.02. The molecule has 0 unspecified atom stereocenters. The number of hydrogen-bond acceptors (Lipinski definition) is 3. The zero-order chi connectivity index (χ0) is 14.1. The molecule has 1 amide bonds. The maximum absolute atomic E-state index is 11.6. The van der Waals surface area contributed by atoms with Crippen molar-refractivity contribution in [2.75, 3.05) is 20.2 Å². The van der Waals surface area contributed by atoms with E-state index in [4.69, 9.17) is 4.74 Å². The third-order valence-corrected chi connectivity index (χ3v) is 2.77. The largest absolute Gasteiger partial charge is 0.497 e. The summed E-state index contributed by atoms with van der Waals surface area (Å²) in [5.41, 5.74) is 1.17. The Hall–Kier alpha value is -1.55. The van der Waals surface area contributed by atoms with Crippen LogP contribution in [0.4, 0.5) is 0 Å². The lowest BCUT2D eigenvalue weighted by Crippen LogP contribution is -2.31. The highest BCUT2D eigenvalue weighted by Crippen LogP contribution is 2.12. The Balaban J connectivity index is 2.20. The quantitative estimate of drug-likeness (QED) is 0.752. The van der Waals surface area contributed by atoms with E-state index in [2.05, 4.69) is 24.5 Å². The lowest BCUT2D eigenvalue weighted by molar-refractivity contribution is -0.120. The summed E-state index contributed by atoms with van der Waals surface area (Å²) >= 11 is 0. The SMILES string of the molecule is COc1cccc(CCNC(=O)CCNC(C)C)c1. The molecule has 0 atom stereocenters. The number of benzene rings is 1. The molecule has 0 aliphatic carbocycles. The molecule has 4 nitrogen and oxygen atoms in total. The van der Waals surface area contributed by atoms with Crippen molar-refractivity contribution in [1.29, 1.82) is 0 Å². The van der Waals surface area contributed by atoms with Gasteiger partial charge in [0.25, 0.3) is 0 Å². The van der Waals surface area contributed by atoms with Gasteiger partial charge in [-0.2, -0.15) is 0 Å². The number of carbonyl (C=O) groups is 1. The van der Waals surface area contributed by atoms with Crippen LogP contribution < -0.4 is 15.4 Å². The summed E-state index contributed by atoms with van der Waals surface area (Å²) in [5.74, 6) is 0.945. The van der Waals surface area contributed by atoms with Gasteiger partial charge >= 0.3 is 0 Å². The topological polar surface area (TPSA) is 50.4 Å². The Morgan fingerprint density at radius 3 is 2.79 bits per heavy atom. The van der Waals surface area contributed by atoms with E-state index in [9.17, 15) is 4.79 Å². The maximum atomic E-state index is 11.6. The molecule has 0 aliphatic heterocycles. The van der Waals surface area contributed by atoms with Gasteiger partial charge in [0.15, 0.2) is 0 Å². The average molecular weight is 264 g/mol. The van der Waals surface area contributed by atoms with Crippen molar-refractivity contribution in [3.05, 3.63) is 29.8 Å². The van der Waals surface area contributed by atoms with E-state index in [0.29, 0.717) is 19.0 Å². The van der Waals surface area contributed by atoms with Gasteiger partial charge in [-0.05, 0) is 24.1 Å². The molecular formula is C15H24N2O2. The molecule has 1 rings (SSSR count). The zero-order valence-corrected chi connectivity index (χ0v) is 12.0. The molecule has 0 heterocycles. The van der Waals surface area contributed by atoms with Crippen LogP contribution in [0.5, 0.6) is 5.75 Å². The molecule has 0 aromatic heterocycles. The lowest BCUT2D eigenvalue weighted by Gasteiger charge is -2.09. The average Bonchev–Trinajstić information content (AvgIpc) is 2.38. The van der Waals surface area contributed by atoms with Crippen molar-refractivity contribution in [2.45, 2.75) is 32.7 Å². The second-order valence-electron chi connectivity index (χ2n) is 4.81. The van der Waals surface area contributed by atoms with Crippen molar-refractivity contribution >= 4 is 5.91 Å². The Morgan fingerprint density at radius 2 is 2.11 bits per heavy atom. The van der Waals surface area contributed by atoms with Gasteiger partial charge in [0, 0.05) is 25.6 Å². The number of ether oxygens (including phenoxy) is 1. The van der Waals surface area contributed by atoms with Crippen LogP contribution in [0.3, 0.4) is 0 Å². The van der Waals surface area contributed by atoms with E-state index in [1.807, 2.05) is 24.3 Å². The van der Waals surface area contributed by atoms with Crippen molar-refractivity contribution in [3.63, 3.8) is 0 Å². The molecule has 0 radical (unpaired) electrons. The smallest absolute Gasteiger partial charge is 0.221 e. The molecule has 4 heteroatoms. The number of carbonyl (C=O) groups excluding carboxylic acids is 1. The third kappa shape index (κ3) is 6.82. The number of methoxy groups -OCH3 is 1. The first kappa shape index (κ1) is 15.5. The number of amides is 1. The summed E-state index contributed by atoms with van der Waals surface area (Å²) in [5, 5.41) is 6.14. The van der Waals surface area contributed by atoms with Crippen LogP contribution in [0, 0.1) is 0 Å². The van der Waals surface area contributed by atoms with Crippen LogP contribution in [0.25, 0.3) is 0 Å². The minimum atomic E-state index is 0.0936. The molecule has 19 heavy (non-hydrogen) atoms.